The highest BCUT2D eigenvalue weighted by atomic mass is 35.5. The summed E-state index contributed by atoms with van der Waals surface area (Å²) in [5.41, 5.74) is -0.302. The van der Waals surface area contributed by atoms with E-state index in [2.05, 4.69) is 5.32 Å². The summed E-state index contributed by atoms with van der Waals surface area (Å²) < 4.78 is 0. The molecule has 1 spiro atoms. The molecule has 0 aromatic heterocycles. The normalized spacial score (nSPS) is 19.9. The van der Waals surface area contributed by atoms with Crippen molar-refractivity contribution < 1.29 is 14.4 Å². The number of carbonyl (C=O) groups is 3. The van der Waals surface area contributed by atoms with Crippen LogP contribution in [-0.4, -0.2) is 46.8 Å². The molecule has 2 aliphatic rings. The summed E-state index contributed by atoms with van der Waals surface area (Å²) in [6.45, 7) is -0.297. The summed E-state index contributed by atoms with van der Waals surface area (Å²) in [4.78, 5) is 40.1. The number of hydrogen-bond donors (Lipinski definition) is 1. The third kappa shape index (κ3) is 2.75. The van der Waals surface area contributed by atoms with Crippen LogP contribution in [0.2, 0.25) is 5.02 Å². The zero-order chi connectivity index (χ0) is 17.3. The molecule has 1 N–H and O–H groups in total. The van der Waals surface area contributed by atoms with Gasteiger partial charge in [-0.25, -0.2) is 4.79 Å². The van der Waals surface area contributed by atoms with Gasteiger partial charge >= 0.3 is 6.03 Å². The Morgan fingerprint density at radius 1 is 1.21 bits per heavy atom. The van der Waals surface area contributed by atoms with E-state index in [0.717, 1.165) is 24.2 Å². The van der Waals surface area contributed by atoms with E-state index in [1.807, 2.05) is 0 Å². The van der Waals surface area contributed by atoms with Gasteiger partial charge in [0.1, 0.15) is 12.1 Å². The first-order valence-corrected chi connectivity index (χ1v) is 8.48. The molecule has 7 heteroatoms. The molecule has 4 amide bonds. The fraction of sp³-hybridized carbons (Fsp3) is 0.471. The third-order valence-corrected chi connectivity index (χ3v) is 5.26. The molecule has 1 aliphatic carbocycles. The molecule has 1 aromatic carbocycles. The number of urea groups is 1. The molecule has 1 saturated carbocycles. The maximum atomic E-state index is 12.8. The Hall–Kier alpha value is -2.08. The van der Waals surface area contributed by atoms with Gasteiger partial charge in [-0.3, -0.25) is 14.5 Å². The standard InChI is InChI=1S/C17H20ClN3O3/c1-20-16(24)21(15(23)17(20)9-5-2-6-10-17)11-14(22)19-13-8-4-3-7-12(13)18/h3-4,7-8H,2,5-6,9-11H2,1H3,(H,19,22). The van der Waals surface area contributed by atoms with E-state index in [-0.39, 0.29) is 12.5 Å². The van der Waals surface area contributed by atoms with Crippen LogP contribution in [0.3, 0.4) is 0 Å². The highest BCUT2D eigenvalue weighted by Crippen LogP contribution is 2.39. The molecular formula is C17H20ClN3O3. The number of halogens is 1. The average Bonchev–Trinajstić information content (AvgIpc) is 2.74. The Kier molecular flexibility index (Phi) is 4.49. The van der Waals surface area contributed by atoms with E-state index in [0.29, 0.717) is 23.6 Å². The van der Waals surface area contributed by atoms with Crippen molar-refractivity contribution in [1.29, 1.82) is 0 Å². The van der Waals surface area contributed by atoms with Gasteiger partial charge in [0.15, 0.2) is 0 Å². The van der Waals surface area contributed by atoms with Crippen molar-refractivity contribution in [2.75, 3.05) is 18.9 Å². The smallest absolute Gasteiger partial charge is 0.323 e. The highest BCUT2D eigenvalue weighted by molar-refractivity contribution is 6.33. The van der Waals surface area contributed by atoms with Gasteiger partial charge in [-0.15, -0.1) is 0 Å². The van der Waals surface area contributed by atoms with Crippen molar-refractivity contribution >= 4 is 35.1 Å². The van der Waals surface area contributed by atoms with Gasteiger partial charge in [0.05, 0.1) is 10.7 Å². The molecule has 0 bridgehead atoms. The summed E-state index contributed by atoms with van der Waals surface area (Å²) in [5, 5.41) is 3.06. The van der Waals surface area contributed by atoms with Crippen molar-refractivity contribution in [3.8, 4) is 0 Å². The molecule has 6 nitrogen and oxygen atoms in total. The highest BCUT2D eigenvalue weighted by Gasteiger charge is 2.55. The molecule has 0 atom stereocenters. The summed E-state index contributed by atoms with van der Waals surface area (Å²) in [6.07, 6.45) is 4.24. The van der Waals surface area contributed by atoms with E-state index in [1.54, 1.807) is 31.3 Å². The van der Waals surface area contributed by atoms with Gasteiger partial charge in [0, 0.05) is 7.05 Å². The lowest BCUT2D eigenvalue weighted by Crippen LogP contribution is -2.49. The van der Waals surface area contributed by atoms with Gasteiger partial charge in [-0.2, -0.15) is 0 Å². The lowest BCUT2D eigenvalue weighted by Gasteiger charge is -2.35. The second-order valence-corrected chi connectivity index (χ2v) is 6.76. The zero-order valence-corrected chi connectivity index (χ0v) is 14.3. The molecule has 1 aliphatic heterocycles. The quantitative estimate of drug-likeness (QED) is 0.853. The minimum absolute atomic E-state index is 0.260. The molecule has 1 heterocycles. The molecule has 128 valence electrons. The number of rotatable bonds is 3. The number of likely N-dealkylation sites (N-methyl/N-ethyl adjacent to an activating group) is 1. The SMILES string of the molecule is CN1C(=O)N(CC(=O)Nc2ccccc2Cl)C(=O)C12CCCCC2. The number of imide groups is 1. The van der Waals surface area contributed by atoms with Gasteiger partial charge in [0.2, 0.25) is 5.91 Å². The lowest BCUT2D eigenvalue weighted by atomic mass is 9.81. The summed E-state index contributed by atoms with van der Waals surface area (Å²) >= 11 is 6.01. The number of nitrogens with zero attached hydrogens (tertiary/aromatic N) is 2. The van der Waals surface area contributed by atoms with Crippen molar-refractivity contribution in [3.05, 3.63) is 29.3 Å². The number of benzene rings is 1. The topological polar surface area (TPSA) is 69.7 Å². The molecule has 0 unspecified atom stereocenters. The van der Waals surface area contributed by atoms with E-state index in [4.69, 9.17) is 11.6 Å². The summed E-state index contributed by atoms with van der Waals surface area (Å²) in [5.74, 6) is -0.699. The van der Waals surface area contributed by atoms with Crippen molar-refractivity contribution in [2.24, 2.45) is 0 Å². The van der Waals surface area contributed by atoms with Crippen LogP contribution in [0, 0.1) is 0 Å². The second-order valence-electron chi connectivity index (χ2n) is 6.35. The van der Waals surface area contributed by atoms with E-state index >= 15 is 0 Å². The van der Waals surface area contributed by atoms with Crippen LogP contribution in [0.5, 0.6) is 0 Å². The fourth-order valence-electron chi connectivity index (χ4n) is 3.57. The molecule has 0 radical (unpaired) electrons. The van der Waals surface area contributed by atoms with Gasteiger partial charge in [0.25, 0.3) is 5.91 Å². The Morgan fingerprint density at radius 3 is 2.54 bits per heavy atom. The molecule has 24 heavy (non-hydrogen) atoms. The van der Waals surface area contributed by atoms with Gasteiger partial charge in [-0.1, -0.05) is 43.0 Å². The molecular weight excluding hydrogens is 330 g/mol. The first-order valence-electron chi connectivity index (χ1n) is 8.10. The Bertz CT molecular complexity index is 685. The summed E-state index contributed by atoms with van der Waals surface area (Å²) in [6, 6.07) is 6.43. The van der Waals surface area contributed by atoms with E-state index < -0.39 is 17.5 Å². The predicted molar refractivity (Wildman–Crippen MR) is 90.8 cm³/mol. The van der Waals surface area contributed by atoms with Gasteiger partial charge < -0.3 is 10.2 Å². The van der Waals surface area contributed by atoms with Crippen molar-refractivity contribution in [1.82, 2.24) is 9.80 Å². The Labute approximate surface area is 145 Å². The predicted octanol–water partition coefficient (Wildman–Crippen LogP) is 2.88. The third-order valence-electron chi connectivity index (χ3n) is 4.93. The number of carbonyl (C=O) groups excluding carboxylic acids is 3. The monoisotopic (exact) mass is 349 g/mol. The van der Waals surface area contributed by atoms with Crippen LogP contribution in [0.1, 0.15) is 32.1 Å². The number of nitrogens with one attached hydrogen (secondary N) is 1. The minimum atomic E-state index is -0.764. The molecule has 3 rings (SSSR count). The van der Waals surface area contributed by atoms with Crippen LogP contribution in [0.4, 0.5) is 10.5 Å². The zero-order valence-electron chi connectivity index (χ0n) is 13.5. The lowest BCUT2D eigenvalue weighted by molar-refractivity contribution is -0.136. The maximum absolute atomic E-state index is 12.8. The van der Waals surface area contributed by atoms with E-state index in [1.165, 1.54) is 4.90 Å². The Balaban J connectivity index is 1.73. The van der Waals surface area contributed by atoms with Gasteiger partial charge in [-0.05, 0) is 25.0 Å². The van der Waals surface area contributed by atoms with Crippen LogP contribution in [-0.2, 0) is 9.59 Å². The van der Waals surface area contributed by atoms with Crippen molar-refractivity contribution in [3.63, 3.8) is 0 Å². The largest absolute Gasteiger partial charge is 0.327 e. The molecule has 1 aromatic rings. The minimum Gasteiger partial charge on any atom is -0.323 e. The first-order chi connectivity index (χ1) is 11.5. The number of amides is 4. The number of hydrogen-bond acceptors (Lipinski definition) is 3. The summed E-state index contributed by atoms with van der Waals surface area (Å²) in [7, 11) is 1.65. The molecule has 1 saturated heterocycles. The second kappa shape index (κ2) is 6.43. The van der Waals surface area contributed by atoms with Crippen LogP contribution in [0.15, 0.2) is 24.3 Å². The maximum Gasteiger partial charge on any atom is 0.327 e. The van der Waals surface area contributed by atoms with E-state index in [9.17, 15) is 14.4 Å². The van der Waals surface area contributed by atoms with Crippen LogP contribution < -0.4 is 5.32 Å². The van der Waals surface area contributed by atoms with Crippen LogP contribution >= 0.6 is 11.6 Å². The average molecular weight is 350 g/mol. The van der Waals surface area contributed by atoms with Crippen molar-refractivity contribution in [2.45, 2.75) is 37.6 Å². The molecule has 2 fully saturated rings. The Morgan fingerprint density at radius 2 is 1.88 bits per heavy atom. The first kappa shape index (κ1) is 16.8. The number of anilines is 1. The fourth-order valence-corrected chi connectivity index (χ4v) is 3.75. The number of para-hydroxylation sites is 1. The van der Waals surface area contributed by atoms with Crippen LogP contribution in [0.25, 0.3) is 0 Å².